The second-order valence-corrected chi connectivity index (χ2v) is 5.34. The van der Waals surface area contributed by atoms with Crippen LogP contribution < -0.4 is 5.32 Å². The Kier molecular flexibility index (Phi) is 5.66. The summed E-state index contributed by atoms with van der Waals surface area (Å²) in [5.41, 5.74) is 0.737. The van der Waals surface area contributed by atoms with E-state index in [0.717, 1.165) is 18.5 Å². The second-order valence-electron chi connectivity index (χ2n) is 5.34. The average Bonchev–Trinajstić information content (AvgIpc) is 2.52. The first kappa shape index (κ1) is 16.2. The first-order valence-electron chi connectivity index (χ1n) is 7.21. The quantitative estimate of drug-likeness (QED) is 0.813. The third kappa shape index (κ3) is 4.96. The van der Waals surface area contributed by atoms with Gasteiger partial charge in [-0.05, 0) is 43.2 Å². The summed E-state index contributed by atoms with van der Waals surface area (Å²) >= 11 is 0. The number of aliphatic carboxylic acids is 1. The van der Waals surface area contributed by atoms with Gasteiger partial charge in [-0.2, -0.15) is 0 Å². The van der Waals surface area contributed by atoms with Crippen LogP contribution in [0.5, 0.6) is 0 Å². The summed E-state index contributed by atoms with van der Waals surface area (Å²) in [6, 6.07) is 5.83. The molecule has 0 spiro atoms. The molecule has 0 bridgehead atoms. The fraction of sp³-hybridized carbons (Fsp3) is 0.375. The molecule has 1 aromatic carbocycles. The Morgan fingerprint density at radius 3 is 2.77 bits per heavy atom. The number of likely N-dealkylation sites (tertiary alicyclic amines) is 1. The van der Waals surface area contributed by atoms with Crippen molar-refractivity contribution in [3.8, 4) is 0 Å². The van der Waals surface area contributed by atoms with E-state index in [9.17, 15) is 14.0 Å². The van der Waals surface area contributed by atoms with Crippen LogP contribution >= 0.6 is 0 Å². The van der Waals surface area contributed by atoms with Crippen molar-refractivity contribution < 1.29 is 19.1 Å². The Morgan fingerprint density at radius 2 is 2.09 bits per heavy atom. The van der Waals surface area contributed by atoms with Crippen molar-refractivity contribution >= 4 is 18.0 Å². The van der Waals surface area contributed by atoms with Crippen molar-refractivity contribution in [2.75, 3.05) is 19.8 Å². The lowest BCUT2D eigenvalue weighted by Gasteiger charge is -2.30. The number of benzene rings is 1. The Bertz CT molecular complexity index is 557. The topological polar surface area (TPSA) is 69.6 Å². The predicted octanol–water partition coefficient (Wildman–Crippen LogP) is 1.71. The van der Waals surface area contributed by atoms with E-state index in [2.05, 4.69) is 5.32 Å². The summed E-state index contributed by atoms with van der Waals surface area (Å²) in [6.07, 6.45) is 4.49. The maximum absolute atomic E-state index is 12.7. The van der Waals surface area contributed by atoms with Crippen molar-refractivity contribution in [1.29, 1.82) is 0 Å². The van der Waals surface area contributed by atoms with Crippen molar-refractivity contribution in [2.24, 2.45) is 5.92 Å². The van der Waals surface area contributed by atoms with Crippen molar-refractivity contribution in [3.05, 3.63) is 41.7 Å². The molecule has 1 aliphatic rings. The van der Waals surface area contributed by atoms with Crippen LogP contribution in [0, 0.1) is 11.7 Å². The molecule has 0 aromatic heterocycles. The van der Waals surface area contributed by atoms with Crippen LogP contribution in [0.3, 0.4) is 0 Å². The van der Waals surface area contributed by atoms with Crippen molar-refractivity contribution in [3.63, 3.8) is 0 Å². The number of amides is 1. The second kappa shape index (κ2) is 7.70. The summed E-state index contributed by atoms with van der Waals surface area (Å²) in [5, 5.41) is 11.7. The Hall–Kier alpha value is -2.21. The highest BCUT2D eigenvalue weighted by molar-refractivity contribution is 5.91. The zero-order chi connectivity index (χ0) is 15.9. The minimum absolute atomic E-state index is 0.262. The molecule has 1 aromatic rings. The molecule has 1 saturated heterocycles. The van der Waals surface area contributed by atoms with Crippen molar-refractivity contribution in [1.82, 2.24) is 10.2 Å². The number of halogens is 1. The first-order valence-corrected chi connectivity index (χ1v) is 7.21. The normalized spacial score (nSPS) is 19.2. The molecule has 1 heterocycles. The van der Waals surface area contributed by atoms with Gasteiger partial charge in [0.2, 0.25) is 5.91 Å². The maximum atomic E-state index is 12.7. The number of carbonyl (C=O) groups is 2. The number of nitrogens with zero attached hydrogens (tertiary/aromatic N) is 1. The standard InChI is InChI=1S/C16H19FN2O3/c17-14-6-3-12(4-7-14)5-8-15(20)18-11-19-9-1-2-13(10-19)16(21)22/h3-8,13H,1-2,9-11H2,(H,18,20)(H,21,22)/b8-5+. The Labute approximate surface area is 128 Å². The number of rotatable bonds is 5. The van der Waals surface area contributed by atoms with Gasteiger partial charge >= 0.3 is 5.97 Å². The molecule has 22 heavy (non-hydrogen) atoms. The number of carboxylic acid groups (broad SMARTS) is 1. The number of nitrogens with one attached hydrogen (secondary N) is 1. The maximum Gasteiger partial charge on any atom is 0.307 e. The third-order valence-electron chi connectivity index (χ3n) is 3.63. The van der Waals surface area contributed by atoms with Gasteiger partial charge < -0.3 is 10.4 Å². The van der Waals surface area contributed by atoms with Gasteiger partial charge in [0.15, 0.2) is 0 Å². The van der Waals surface area contributed by atoms with Gasteiger partial charge in [-0.1, -0.05) is 12.1 Å². The molecule has 1 amide bonds. The van der Waals surface area contributed by atoms with Crippen molar-refractivity contribution in [2.45, 2.75) is 12.8 Å². The molecule has 1 unspecified atom stereocenters. The van der Waals surface area contributed by atoms with Gasteiger partial charge in [0.05, 0.1) is 12.6 Å². The zero-order valence-corrected chi connectivity index (χ0v) is 12.2. The van der Waals surface area contributed by atoms with E-state index >= 15 is 0 Å². The third-order valence-corrected chi connectivity index (χ3v) is 3.63. The van der Waals surface area contributed by atoms with Gasteiger partial charge in [-0.15, -0.1) is 0 Å². The molecule has 0 radical (unpaired) electrons. The van der Waals surface area contributed by atoms with Crippen LogP contribution in [0.1, 0.15) is 18.4 Å². The molecule has 1 atom stereocenters. The molecule has 6 heteroatoms. The van der Waals surface area contributed by atoms with Gasteiger partial charge in [0, 0.05) is 12.6 Å². The van der Waals surface area contributed by atoms with Crippen LogP contribution in [-0.2, 0) is 9.59 Å². The van der Waals surface area contributed by atoms with Crippen LogP contribution in [-0.4, -0.2) is 41.6 Å². The van der Waals surface area contributed by atoms with E-state index in [-0.39, 0.29) is 17.6 Å². The molecule has 0 saturated carbocycles. The van der Waals surface area contributed by atoms with E-state index < -0.39 is 5.97 Å². The van der Waals surface area contributed by atoms with E-state index in [1.54, 1.807) is 18.2 Å². The highest BCUT2D eigenvalue weighted by Crippen LogP contribution is 2.15. The number of carboxylic acids is 1. The summed E-state index contributed by atoms with van der Waals surface area (Å²) in [5.74, 6) is -1.73. The van der Waals surface area contributed by atoms with E-state index in [0.29, 0.717) is 19.6 Å². The zero-order valence-electron chi connectivity index (χ0n) is 12.2. The summed E-state index contributed by atoms with van der Waals surface area (Å²) < 4.78 is 12.7. The minimum Gasteiger partial charge on any atom is -0.481 e. The van der Waals surface area contributed by atoms with Gasteiger partial charge in [0.1, 0.15) is 5.82 Å². The fourth-order valence-electron chi connectivity index (χ4n) is 2.40. The van der Waals surface area contributed by atoms with E-state index in [4.69, 9.17) is 5.11 Å². The van der Waals surface area contributed by atoms with Crippen LogP contribution in [0.2, 0.25) is 0 Å². The molecular formula is C16H19FN2O3. The SMILES string of the molecule is O=C(/C=C/c1ccc(F)cc1)NCN1CCCC(C(=O)O)C1. The lowest BCUT2D eigenvalue weighted by molar-refractivity contribution is -0.143. The van der Waals surface area contributed by atoms with Crippen LogP contribution in [0.4, 0.5) is 4.39 Å². The van der Waals surface area contributed by atoms with Gasteiger partial charge in [-0.25, -0.2) is 4.39 Å². The molecule has 2 rings (SSSR count). The molecule has 1 fully saturated rings. The highest BCUT2D eigenvalue weighted by atomic mass is 19.1. The molecule has 2 N–H and O–H groups in total. The number of hydrogen-bond donors (Lipinski definition) is 2. The van der Waals surface area contributed by atoms with Gasteiger partial charge in [-0.3, -0.25) is 14.5 Å². The molecule has 0 aliphatic carbocycles. The molecule has 1 aliphatic heterocycles. The number of hydrogen-bond acceptors (Lipinski definition) is 3. The number of piperidine rings is 1. The summed E-state index contributed by atoms with van der Waals surface area (Å²) in [7, 11) is 0. The monoisotopic (exact) mass is 306 g/mol. The smallest absolute Gasteiger partial charge is 0.307 e. The summed E-state index contributed by atoms with van der Waals surface area (Å²) in [4.78, 5) is 24.6. The lowest BCUT2D eigenvalue weighted by atomic mass is 9.99. The fourth-order valence-corrected chi connectivity index (χ4v) is 2.40. The Morgan fingerprint density at radius 1 is 1.36 bits per heavy atom. The van der Waals surface area contributed by atoms with Crippen LogP contribution in [0.15, 0.2) is 30.3 Å². The largest absolute Gasteiger partial charge is 0.481 e. The molecule has 5 nitrogen and oxygen atoms in total. The molecular weight excluding hydrogens is 287 g/mol. The highest BCUT2D eigenvalue weighted by Gasteiger charge is 2.25. The van der Waals surface area contributed by atoms with E-state index in [1.165, 1.54) is 18.2 Å². The lowest BCUT2D eigenvalue weighted by Crippen LogP contribution is -2.44. The van der Waals surface area contributed by atoms with Crippen LogP contribution in [0.25, 0.3) is 6.08 Å². The minimum atomic E-state index is -0.785. The Balaban J connectivity index is 1.77. The van der Waals surface area contributed by atoms with Gasteiger partial charge in [0.25, 0.3) is 0 Å². The predicted molar refractivity (Wildman–Crippen MR) is 80.4 cm³/mol. The van der Waals surface area contributed by atoms with E-state index in [1.807, 2.05) is 4.90 Å². The average molecular weight is 306 g/mol. The summed E-state index contributed by atoms with van der Waals surface area (Å²) in [6.45, 7) is 1.57. The molecule has 118 valence electrons. The number of carbonyl (C=O) groups excluding carboxylic acids is 1. The first-order chi connectivity index (χ1) is 10.5.